The van der Waals surface area contributed by atoms with Crippen LogP contribution in [0.5, 0.6) is 0 Å². The van der Waals surface area contributed by atoms with Gasteiger partial charge in [0.05, 0.1) is 10.7 Å². The summed E-state index contributed by atoms with van der Waals surface area (Å²) in [7, 11) is 1.98. The second-order valence-corrected chi connectivity index (χ2v) is 4.28. The van der Waals surface area contributed by atoms with Gasteiger partial charge >= 0.3 is 0 Å². The van der Waals surface area contributed by atoms with Gasteiger partial charge in [-0.1, -0.05) is 23.9 Å². The maximum Gasteiger partial charge on any atom is 0.155 e. The van der Waals surface area contributed by atoms with Gasteiger partial charge in [-0.2, -0.15) is 0 Å². The zero-order chi connectivity index (χ0) is 10.1. The molecular weight excluding hydrogens is 194 g/mol. The number of hydrogen-bond acceptors (Lipinski definition) is 3. The van der Waals surface area contributed by atoms with Crippen LogP contribution in [-0.4, -0.2) is 12.8 Å². The van der Waals surface area contributed by atoms with Gasteiger partial charge in [-0.25, -0.2) is 0 Å². The van der Waals surface area contributed by atoms with Crippen molar-refractivity contribution >= 4 is 23.2 Å². The highest BCUT2D eigenvalue weighted by molar-refractivity contribution is 8.03. The van der Waals surface area contributed by atoms with Crippen molar-refractivity contribution in [1.82, 2.24) is 0 Å². The normalized spacial score (nSPS) is 17.3. The fraction of sp³-hybridized carbons (Fsp3) is 0.182. The van der Waals surface area contributed by atoms with Crippen molar-refractivity contribution < 1.29 is 4.79 Å². The molecule has 14 heavy (non-hydrogen) atoms. The van der Waals surface area contributed by atoms with Gasteiger partial charge < -0.3 is 4.90 Å². The van der Waals surface area contributed by atoms with E-state index in [-0.39, 0.29) is 5.78 Å². The quantitative estimate of drug-likeness (QED) is 0.657. The zero-order valence-electron chi connectivity index (χ0n) is 8.15. The first kappa shape index (κ1) is 9.34. The number of hydrogen-bond donors (Lipinski definition) is 0. The zero-order valence-corrected chi connectivity index (χ0v) is 8.97. The van der Waals surface area contributed by atoms with E-state index in [1.807, 2.05) is 24.1 Å². The lowest BCUT2D eigenvalue weighted by Gasteiger charge is -2.12. The molecule has 1 aromatic carbocycles. The molecule has 1 aromatic rings. The minimum atomic E-state index is 0.0900. The summed E-state index contributed by atoms with van der Waals surface area (Å²) >= 11 is 1.64. The van der Waals surface area contributed by atoms with Crippen LogP contribution in [0.3, 0.4) is 0 Å². The van der Waals surface area contributed by atoms with Crippen molar-refractivity contribution in [3.05, 3.63) is 35.4 Å². The molecule has 0 bridgehead atoms. The van der Waals surface area contributed by atoms with E-state index in [1.54, 1.807) is 24.8 Å². The van der Waals surface area contributed by atoms with E-state index in [2.05, 4.69) is 12.1 Å². The summed E-state index contributed by atoms with van der Waals surface area (Å²) in [6, 6.07) is 8.14. The highest BCUT2D eigenvalue weighted by Gasteiger charge is 2.21. The van der Waals surface area contributed by atoms with Crippen LogP contribution >= 0.6 is 11.8 Å². The second kappa shape index (κ2) is 3.50. The molecule has 0 aliphatic carbocycles. The van der Waals surface area contributed by atoms with Crippen molar-refractivity contribution in [1.29, 1.82) is 0 Å². The standard InChI is InChI=1S/C11H11NOS/c1-8(13)7-11-12(2)9-5-3-4-6-10(9)14-11/h3-7H,1-2H3/b11-7+. The molecule has 1 aliphatic heterocycles. The lowest BCUT2D eigenvalue weighted by molar-refractivity contribution is -0.112. The van der Waals surface area contributed by atoms with Crippen molar-refractivity contribution in [2.45, 2.75) is 11.8 Å². The van der Waals surface area contributed by atoms with Crippen molar-refractivity contribution in [3.63, 3.8) is 0 Å². The van der Waals surface area contributed by atoms with E-state index < -0.39 is 0 Å². The molecule has 0 amide bonds. The molecule has 2 nitrogen and oxygen atoms in total. The summed E-state index contributed by atoms with van der Waals surface area (Å²) in [5.74, 6) is 0.0900. The number of carbonyl (C=O) groups is 1. The number of allylic oxidation sites excluding steroid dienone is 1. The van der Waals surface area contributed by atoms with Crippen LogP contribution in [0.2, 0.25) is 0 Å². The number of anilines is 1. The number of fused-ring (bicyclic) bond motifs is 1. The number of para-hydroxylation sites is 1. The third kappa shape index (κ3) is 1.55. The third-order valence-electron chi connectivity index (χ3n) is 2.10. The predicted molar refractivity (Wildman–Crippen MR) is 59.5 cm³/mol. The van der Waals surface area contributed by atoms with Crippen LogP contribution in [0, 0.1) is 0 Å². The number of benzene rings is 1. The number of carbonyl (C=O) groups excluding carboxylic acids is 1. The number of rotatable bonds is 1. The first-order valence-corrected chi connectivity index (χ1v) is 5.23. The number of thioether (sulfide) groups is 1. The van der Waals surface area contributed by atoms with Crippen molar-refractivity contribution in [2.75, 3.05) is 11.9 Å². The fourth-order valence-electron chi connectivity index (χ4n) is 1.42. The van der Waals surface area contributed by atoms with Crippen LogP contribution in [0.1, 0.15) is 6.92 Å². The monoisotopic (exact) mass is 205 g/mol. The van der Waals surface area contributed by atoms with E-state index in [4.69, 9.17) is 0 Å². The smallest absolute Gasteiger partial charge is 0.155 e. The van der Waals surface area contributed by atoms with Gasteiger partial charge in [0.2, 0.25) is 0 Å². The molecule has 0 spiro atoms. The maximum absolute atomic E-state index is 11.0. The van der Waals surface area contributed by atoms with Gasteiger partial charge in [0.25, 0.3) is 0 Å². The molecule has 0 fully saturated rings. The summed E-state index contributed by atoms with van der Waals surface area (Å²) in [5, 5.41) is 0.999. The SMILES string of the molecule is CC(=O)/C=C1/Sc2ccccc2N1C. The fourth-order valence-corrected chi connectivity index (χ4v) is 2.56. The summed E-state index contributed by atoms with van der Waals surface area (Å²) in [6.07, 6.45) is 1.67. The van der Waals surface area contributed by atoms with Crippen molar-refractivity contribution in [2.24, 2.45) is 0 Å². The van der Waals surface area contributed by atoms with E-state index in [9.17, 15) is 4.79 Å². The highest BCUT2D eigenvalue weighted by atomic mass is 32.2. The Morgan fingerprint density at radius 3 is 2.79 bits per heavy atom. The Morgan fingerprint density at radius 2 is 2.14 bits per heavy atom. The average Bonchev–Trinajstić information content (AvgIpc) is 2.44. The molecule has 3 heteroatoms. The summed E-state index contributed by atoms with van der Waals surface area (Å²) in [4.78, 5) is 14.2. The minimum absolute atomic E-state index is 0.0900. The molecule has 2 rings (SSSR count). The Hall–Kier alpha value is -1.22. The largest absolute Gasteiger partial charge is 0.338 e. The third-order valence-corrected chi connectivity index (χ3v) is 3.26. The topological polar surface area (TPSA) is 20.3 Å². The number of nitrogens with zero attached hydrogens (tertiary/aromatic N) is 1. The summed E-state index contributed by atoms with van der Waals surface area (Å²) in [5.41, 5.74) is 1.17. The lowest BCUT2D eigenvalue weighted by atomic mass is 10.3. The Labute approximate surface area is 87.6 Å². The van der Waals surface area contributed by atoms with Crippen LogP contribution in [0.4, 0.5) is 5.69 Å². The molecule has 72 valence electrons. The lowest BCUT2D eigenvalue weighted by Crippen LogP contribution is -2.10. The van der Waals surface area contributed by atoms with Gasteiger partial charge in [0.1, 0.15) is 0 Å². The molecule has 0 N–H and O–H groups in total. The molecular formula is C11H11NOS. The van der Waals surface area contributed by atoms with Gasteiger partial charge in [-0.05, 0) is 19.1 Å². The van der Waals surface area contributed by atoms with Crippen molar-refractivity contribution in [3.8, 4) is 0 Å². The molecule has 0 aromatic heterocycles. The maximum atomic E-state index is 11.0. The molecule has 1 heterocycles. The molecule has 0 radical (unpaired) electrons. The molecule has 1 aliphatic rings. The molecule has 0 saturated carbocycles. The first-order chi connectivity index (χ1) is 6.68. The van der Waals surface area contributed by atoms with Gasteiger partial charge in [0.15, 0.2) is 5.78 Å². The van der Waals surface area contributed by atoms with E-state index >= 15 is 0 Å². The summed E-state index contributed by atoms with van der Waals surface area (Å²) < 4.78 is 0. The summed E-state index contributed by atoms with van der Waals surface area (Å²) in [6.45, 7) is 1.57. The molecule has 0 saturated heterocycles. The Morgan fingerprint density at radius 1 is 1.43 bits per heavy atom. The van der Waals surface area contributed by atoms with E-state index in [1.165, 1.54) is 10.6 Å². The van der Waals surface area contributed by atoms with E-state index in [0.717, 1.165) is 5.03 Å². The highest BCUT2D eigenvalue weighted by Crippen LogP contribution is 2.44. The average molecular weight is 205 g/mol. The van der Waals surface area contributed by atoms with Gasteiger partial charge in [-0.15, -0.1) is 0 Å². The van der Waals surface area contributed by atoms with E-state index in [0.29, 0.717) is 0 Å². The predicted octanol–water partition coefficient (Wildman–Crippen LogP) is 2.66. The Kier molecular flexibility index (Phi) is 2.33. The first-order valence-electron chi connectivity index (χ1n) is 4.41. The molecule has 0 unspecified atom stereocenters. The number of ketones is 1. The Balaban J connectivity index is 2.39. The molecule has 0 atom stereocenters. The van der Waals surface area contributed by atoms with Gasteiger partial charge in [-0.3, -0.25) is 4.79 Å². The van der Waals surface area contributed by atoms with Crippen LogP contribution in [0.25, 0.3) is 0 Å². The van der Waals surface area contributed by atoms with Crippen LogP contribution < -0.4 is 4.90 Å². The second-order valence-electron chi connectivity index (χ2n) is 3.22. The Bertz CT molecular complexity index is 412. The van der Waals surface area contributed by atoms with Crippen LogP contribution in [0.15, 0.2) is 40.3 Å². The minimum Gasteiger partial charge on any atom is -0.338 e. The van der Waals surface area contributed by atoms with Gasteiger partial charge in [0, 0.05) is 18.0 Å². The van der Waals surface area contributed by atoms with Crippen LogP contribution in [-0.2, 0) is 4.79 Å².